The monoisotopic (exact) mass is 458 g/mol. The standard InChI is InChI=1S/C21H16Cl2N4O2S/c1-26-18-16(20(28)27(2)21(26)29)19(25-17(24-18)12-6-4-3-5-7-12)30-11-13-8-9-14(22)10-15(13)23/h3-10H,11H2,1-2H3. The van der Waals surface area contributed by atoms with E-state index in [2.05, 4.69) is 9.97 Å². The zero-order valence-electron chi connectivity index (χ0n) is 16.1. The Kier molecular flexibility index (Phi) is 5.69. The van der Waals surface area contributed by atoms with Crippen molar-refractivity contribution in [1.82, 2.24) is 19.1 Å². The minimum absolute atomic E-state index is 0.293. The number of benzene rings is 2. The molecule has 30 heavy (non-hydrogen) atoms. The van der Waals surface area contributed by atoms with Crippen molar-refractivity contribution in [3.63, 3.8) is 0 Å². The van der Waals surface area contributed by atoms with Crippen LogP contribution < -0.4 is 11.2 Å². The molecule has 0 saturated heterocycles. The van der Waals surface area contributed by atoms with E-state index in [1.54, 1.807) is 19.2 Å². The largest absolute Gasteiger partial charge is 0.332 e. The van der Waals surface area contributed by atoms with Gasteiger partial charge in [-0.3, -0.25) is 13.9 Å². The van der Waals surface area contributed by atoms with Crippen molar-refractivity contribution >= 4 is 46.0 Å². The number of hydrogen-bond acceptors (Lipinski definition) is 5. The Bertz CT molecular complexity index is 1380. The van der Waals surface area contributed by atoms with E-state index in [1.165, 1.54) is 23.4 Å². The van der Waals surface area contributed by atoms with Crippen LogP contribution in [0.3, 0.4) is 0 Å². The van der Waals surface area contributed by atoms with E-state index in [0.29, 0.717) is 37.7 Å². The average molecular weight is 459 g/mol. The molecule has 2 aromatic carbocycles. The molecule has 2 heterocycles. The first-order valence-corrected chi connectivity index (χ1v) is 10.7. The van der Waals surface area contributed by atoms with Crippen LogP contribution in [0, 0.1) is 0 Å². The number of hydrogen-bond donors (Lipinski definition) is 0. The van der Waals surface area contributed by atoms with E-state index in [0.717, 1.165) is 15.7 Å². The lowest BCUT2D eigenvalue weighted by atomic mass is 10.2. The quantitative estimate of drug-likeness (QED) is 0.336. The Balaban J connectivity index is 1.91. The Morgan fingerprint density at radius 3 is 2.40 bits per heavy atom. The fourth-order valence-electron chi connectivity index (χ4n) is 3.03. The second-order valence-electron chi connectivity index (χ2n) is 6.65. The molecule has 0 bridgehead atoms. The minimum Gasteiger partial charge on any atom is -0.280 e. The Morgan fingerprint density at radius 2 is 1.70 bits per heavy atom. The van der Waals surface area contributed by atoms with Gasteiger partial charge in [-0.1, -0.05) is 59.6 Å². The molecule has 6 nitrogen and oxygen atoms in total. The van der Waals surface area contributed by atoms with E-state index in [-0.39, 0.29) is 0 Å². The molecule has 2 aromatic heterocycles. The molecule has 0 aliphatic heterocycles. The molecule has 152 valence electrons. The van der Waals surface area contributed by atoms with Gasteiger partial charge in [0, 0.05) is 35.5 Å². The number of thioether (sulfide) groups is 1. The molecule has 0 atom stereocenters. The summed E-state index contributed by atoms with van der Waals surface area (Å²) in [6, 6.07) is 14.7. The van der Waals surface area contributed by atoms with Crippen LogP contribution in [0.25, 0.3) is 22.4 Å². The highest BCUT2D eigenvalue weighted by Crippen LogP contribution is 2.31. The topological polar surface area (TPSA) is 69.8 Å². The molecule has 0 aliphatic carbocycles. The van der Waals surface area contributed by atoms with Crippen LogP contribution in [0.2, 0.25) is 10.0 Å². The molecule has 0 aliphatic rings. The van der Waals surface area contributed by atoms with Crippen LogP contribution in [0.4, 0.5) is 0 Å². The first-order chi connectivity index (χ1) is 14.4. The zero-order chi connectivity index (χ0) is 21.4. The molecular formula is C21H16Cl2N4O2S. The van der Waals surface area contributed by atoms with Crippen molar-refractivity contribution in [2.45, 2.75) is 10.8 Å². The van der Waals surface area contributed by atoms with Crippen LogP contribution in [-0.2, 0) is 19.8 Å². The van der Waals surface area contributed by atoms with E-state index in [4.69, 9.17) is 23.2 Å². The fraction of sp³-hybridized carbons (Fsp3) is 0.143. The molecule has 0 saturated carbocycles. The van der Waals surface area contributed by atoms with E-state index in [9.17, 15) is 9.59 Å². The van der Waals surface area contributed by atoms with Crippen molar-refractivity contribution in [3.05, 3.63) is 85.0 Å². The minimum atomic E-state index is -0.443. The summed E-state index contributed by atoms with van der Waals surface area (Å²) in [7, 11) is 3.04. The third-order valence-electron chi connectivity index (χ3n) is 4.68. The Morgan fingerprint density at radius 1 is 0.967 bits per heavy atom. The fourth-order valence-corrected chi connectivity index (χ4v) is 4.61. The number of halogens is 2. The van der Waals surface area contributed by atoms with Crippen LogP contribution in [0.5, 0.6) is 0 Å². The summed E-state index contributed by atoms with van der Waals surface area (Å²) in [6.07, 6.45) is 0. The third kappa shape index (κ3) is 3.76. The first kappa shape index (κ1) is 20.7. The molecule has 4 aromatic rings. The molecule has 0 radical (unpaired) electrons. The Hall–Kier alpha value is -2.61. The summed E-state index contributed by atoms with van der Waals surface area (Å²) >= 11 is 13.6. The van der Waals surface area contributed by atoms with Crippen LogP contribution in [0.15, 0.2) is 63.1 Å². The molecule has 0 fully saturated rings. The summed E-state index contributed by atoms with van der Waals surface area (Å²) in [5, 5.41) is 1.88. The normalized spacial score (nSPS) is 11.2. The summed E-state index contributed by atoms with van der Waals surface area (Å²) < 4.78 is 2.43. The van der Waals surface area contributed by atoms with Crippen LogP contribution in [-0.4, -0.2) is 19.1 Å². The van der Waals surface area contributed by atoms with Gasteiger partial charge >= 0.3 is 5.69 Å². The van der Waals surface area contributed by atoms with Gasteiger partial charge in [0.15, 0.2) is 11.5 Å². The summed E-state index contributed by atoms with van der Waals surface area (Å²) in [5.74, 6) is 0.915. The van der Waals surface area contributed by atoms with Gasteiger partial charge in [-0.2, -0.15) is 0 Å². The highest BCUT2D eigenvalue weighted by atomic mass is 35.5. The smallest absolute Gasteiger partial charge is 0.280 e. The maximum atomic E-state index is 12.9. The lowest BCUT2D eigenvalue weighted by molar-refractivity contribution is 0.703. The van der Waals surface area contributed by atoms with E-state index in [1.807, 2.05) is 36.4 Å². The maximum absolute atomic E-state index is 12.9. The molecule has 0 N–H and O–H groups in total. The zero-order valence-corrected chi connectivity index (χ0v) is 18.4. The van der Waals surface area contributed by atoms with Gasteiger partial charge in [-0.15, -0.1) is 11.8 Å². The molecule has 0 spiro atoms. The van der Waals surface area contributed by atoms with Crippen LogP contribution in [0.1, 0.15) is 5.56 Å². The van der Waals surface area contributed by atoms with Crippen molar-refractivity contribution in [2.75, 3.05) is 0 Å². The third-order valence-corrected chi connectivity index (χ3v) is 6.29. The lowest BCUT2D eigenvalue weighted by Crippen LogP contribution is -2.37. The molecular weight excluding hydrogens is 443 g/mol. The summed E-state index contributed by atoms with van der Waals surface area (Å²) in [6.45, 7) is 0. The van der Waals surface area contributed by atoms with Gasteiger partial charge in [0.25, 0.3) is 5.56 Å². The second-order valence-corrected chi connectivity index (χ2v) is 8.45. The average Bonchev–Trinajstić information content (AvgIpc) is 2.75. The van der Waals surface area contributed by atoms with Gasteiger partial charge < -0.3 is 0 Å². The molecule has 9 heteroatoms. The van der Waals surface area contributed by atoms with E-state index >= 15 is 0 Å². The second kappa shape index (κ2) is 8.26. The maximum Gasteiger partial charge on any atom is 0.332 e. The summed E-state index contributed by atoms with van der Waals surface area (Å²) in [4.78, 5) is 34.5. The van der Waals surface area contributed by atoms with E-state index < -0.39 is 11.2 Å². The van der Waals surface area contributed by atoms with Gasteiger partial charge in [0.2, 0.25) is 0 Å². The van der Waals surface area contributed by atoms with Crippen molar-refractivity contribution in [1.29, 1.82) is 0 Å². The SMILES string of the molecule is Cn1c(=O)c2c(SCc3ccc(Cl)cc3Cl)nc(-c3ccccc3)nc2n(C)c1=O. The predicted octanol–water partition coefficient (Wildman–Crippen LogP) is 4.29. The van der Waals surface area contributed by atoms with Crippen molar-refractivity contribution < 1.29 is 0 Å². The van der Waals surface area contributed by atoms with Crippen molar-refractivity contribution in [3.8, 4) is 11.4 Å². The molecule has 0 unspecified atom stereocenters. The van der Waals surface area contributed by atoms with Crippen molar-refractivity contribution in [2.24, 2.45) is 14.1 Å². The number of aromatic nitrogens is 4. The van der Waals surface area contributed by atoms with Gasteiger partial charge in [0.1, 0.15) is 10.4 Å². The highest BCUT2D eigenvalue weighted by Gasteiger charge is 2.18. The van der Waals surface area contributed by atoms with Gasteiger partial charge in [-0.05, 0) is 17.7 Å². The number of fused-ring (bicyclic) bond motifs is 1. The Labute approximate surface area is 186 Å². The molecule has 0 amide bonds. The predicted molar refractivity (Wildman–Crippen MR) is 121 cm³/mol. The number of nitrogens with zero attached hydrogens (tertiary/aromatic N) is 4. The summed E-state index contributed by atoms with van der Waals surface area (Å²) in [5.41, 5.74) is 1.07. The highest BCUT2D eigenvalue weighted by molar-refractivity contribution is 7.98. The first-order valence-electron chi connectivity index (χ1n) is 8.96. The number of rotatable bonds is 4. The van der Waals surface area contributed by atoms with Gasteiger partial charge in [0.05, 0.1) is 0 Å². The van der Waals surface area contributed by atoms with Gasteiger partial charge in [-0.25, -0.2) is 14.8 Å². The number of aryl methyl sites for hydroxylation is 1. The lowest BCUT2D eigenvalue weighted by Gasteiger charge is -2.12. The molecule has 4 rings (SSSR count). The van der Waals surface area contributed by atoms with Crippen LogP contribution >= 0.6 is 35.0 Å².